The molecular formula is C12H17N3S. The fourth-order valence-electron chi connectivity index (χ4n) is 2.28. The SMILES string of the molecule is CC1(C)CCCN1c1ccc(C(N)=S)nc1. The molecule has 0 spiro atoms. The summed E-state index contributed by atoms with van der Waals surface area (Å²) in [5.41, 5.74) is 7.60. The van der Waals surface area contributed by atoms with E-state index in [2.05, 4.69) is 29.8 Å². The van der Waals surface area contributed by atoms with E-state index < -0.39 is 0 Å². The first-order chi connectivity index (χ1) is 7.50. The topological polar surface area (TPSA) is 42.1 Å². The lowest BCUT2D eigenvalue weighted by Gasteiger charge is -2.33. The molecule has 3 nitrogen and oxygen atoms in total. The molecule has 0 amide bonds. The standard InChI is InChI=1S/C12H17N3S/c1-12(2)6-3-7-15(12)9-4-5-10(11(13)16)14-8-9/h4-5,8H,3,6-7H2,1-2H3,(H2,13,16). The highest BCUT2D eigenvalue weighted by molar-refractivity contribution is 7.80. The summed E-state index contributed by atoms with van der Waals surface area (Å²) in [5, 5.41) is 0. The van der Waals surface area contributed by atoms with E-state index in [-0.39, 0.29) is 5.54 Å². The molecule has 1 saturated heterocycles. The van der Waals surface area contributed by atoms with Crippen molar-refractivity contribution in [1.82, 2.24) is 4.98 Å². The first-order valence-corrected chi connectivity index (χ1v) is 5.95. The van der Waals surface area contributed by atoms with Crippen LogP contribution in [0.15, 0.2) is 18.3 Å². The quantitative estimate of drug-likeness (QED) is 0.797. The number of nitrogens with two attached hydrogens (primary N) is 1. The minimum absolute atomic E-state index is 0.229. The van der Waals surface area contributed by atoms with Gasteiger partial charge in [-0.15, -0.1) is 0 Å². The fraction of sp³-hybridized carbons (Fsp3) is 0.500. The molecule has 2 heterocycles. The van der Waals surface area contributed by atoms with Crippen LogP contribution in [0.25, 0.3) is 0 Å². The Morgan fingerprint density at radius 2 is 2.25 bits per heavy atom. The number of pyridine rings is 1. The average Bonchev–Trinajstić information content (AvgIpc) is 2.58. The molecule has 1 fully saturated rings. The van der Waals surface area contributed by atoms with Crippen LogP contribution in [0.1, 0.15) is 32.4 Å². The van der Waals surface area contributed by atoms with E-state index in [1.54, 1.807) is 0 Å². The second-order valence-electron chi connectivity index (χ2n) is 4.83. The van der Waals surface area contributed by atoms with Gasteiger partial charge < -0.3 is 10.6 Å². The molecule has 1 aromatic heterocycles. The Balaban J connectivity index is 2.25. The van der Waals surface area contributed by atoms with Gasteiger partial charge in [-0.1, -0.05) is 12.2 Å². The first-order valence-electron chi connectivity index (χ1n) is 5.54. The van der Waals surface area contributed by atoms with E-state index in [0.29, 0.717) is 10.7 Å². The second kappa shape index (κ2) is 4.01. The van der Waals surface area contributed by atoms with Crippen LogP contribution in [0.2, 0.25) is 0 Å². The van der Waals surface area contributed by atoms with Gasteiger partial charge in [0, 0.05) is 12.1 Å². The van der Waals surface area contributed by atoms with Gasteiger partial charge in [0.05, 0.1) is 17.6 Å². The van der Waals surface area contributed by atoms with Gasteiger partial charge >= 0.3 is 0 Å². The van der Waals surface area contributed by atoms with E-state index in [9.17, 15) is 0 Å². The zero-order valence-electron chi connectivity index (χ0n) is 9.73. The molecule has 0 radical (unpaired) electrons. The predicted octanol–water partition coefficient (Wildman–Crippen LogP) is 2.09. The summed E-state index contributed by atoms with van der Waals surface area (Å²) < 4.78 is 0. The Labute approximate surface area is 102 Å². The molecule has 0 aliphatic carbocycles. The summed E-state index contributed by atoms with van der Waals surface area (Å²) in [5.74, 6) is 0. The van der Waals surface area contributed by atoms with Crippen molar-refractivity contribution in [2.45, 2.75) is 32.2 Å². The van der Waals surface area contributed by atoms with Gasteiger partial charge in [0.2, 0.25) is 0 Å². The molecular weight excluding hydrogens is 218 g/mol. The molecule has 86 valence electrons. The van der Waals surface area contributed by atoms with Crippen LogP contribution >= 0.6 is 12.2 Å². The number of hydrogen-bond donors (Lipinski definition) is 1. The number of nitrogens with zero attached hydrogens (tertiary/aromatic N) is 2. The Kier molecular flexibility index (Phi) is 2.84. The first kappa shape index (κ1) is 11.3. The minimum Gasteiger partial charge on any atom is -0.388 e. The Bertz CT molecular complexity index is 397. The molecule has 1 aromatic rings. The summed E-state index contributed by atoms with van der Waals surface area (Å²) in [6.07, 6.45) is 4.33. The van der Waals surface area contributed by atoms with Gasteiger partial charge in [-0.3, -0.25) is 4.98 Å². The van der Waals surface area contributed by atoms with Crippen LogP contribution in [-0.2, 0) is 0 Å². The summed E-state index contributed by atoms with van der Waals surface area (Å²) in [6, 6.07) is 3.95. The number of hydrogen-bond acceptors (Lipinski definition) is 3. The molecule has 16 heavy (non-hydrogen) atoms. The number of anilines is 1. The van der Waals surface area contributed by atoms with Gasteiger partial charge in [-0.25, -0.2) is 0 Å². The average molecular weight is 235 g/mol. The Morgan fingerprint density at radius 1 is 1.50 bits per heavy atom. The summed E-state index contributed by atoms with van der Waals surface area (Å²) in [4.78, 5) is 7.03. The highest BCUT2D eigenvalue weighted by Crippen LogP contribution is 2.32. The molecule has 2 rings (SSSR count). The zero-order chi connectivity index (χ0) is 11.8. The van der Waals surface area contributed by atoms with E-state index in [0.717, 1.165) is 12.2 Å². The lowest BCUT2D eigenvalue weighted by molar-refractivity contribution is 0.517. The lowest BCUT2D eigenvalue weighted by atomic mass is 10.0. The van der Waals surface area contributed by atoms with Crippen molar-refractivity contribution in [1.29, 1.82) is 0 Å². The second-order valence-corrected chi connectivity index (χ2v) is 5.27. The van der Waals surface area contributed by atoms with Crippen molar-refractivity contribution >= 4 is 22.9 Å². The monoisotopic (exact) mass is 235 g/mol. The van der Waals surface area contributed by atoms with Gasteiger partial charge in [0.25, 0.3) is 0 Å². The van der Waals surface area contributed by atoms with Crippen LogP contribution in [0.3, 0.4) is 0 Å². The molecule has 0 aromatic carbocycles. The van der Waals surface area contributed by atoms with E-state index in [1.807, 2.05) is 12.3 Å². The largest absolute Gasteiger partial charge is 0.388 e. The van der Waals surface area contributed by atoms with Crippen molar-refractivity contribution in [3.05, 3.63) is 24.0 Å². The van der Waals surface area contributed by atoms with Crippen molar-refractivity contribution in [2.24, 2.45) is 5.73 Å². The van der Waals surface area contributed by atoms with Crippen molar-refractivity contribution in [3.63, 3.8) is 0 Å². The third kappa shape index (κ3) is 2.02. The predicted molar refractivity (Wildman–Crippen MR) is 70.8 cm³/mol. The van der Waals surface area contributed by atoms with Gasteiger partial charge in [-0.2, -0.15) is 0 Å². The number of aromatic nitrogens is 1. The lowest BCUT2D eigenvalue weighted by Crippen LogP contribution is -2.38. The summed E-state index contributed by atoms with van der Waals surface area (Å²) in [7, 11) is 0. The fourth-order valence-corrected chi connectivity index (χ4v) is 2.40. The Hall–Kier alpha value is -1.16. The van der Waals surface area contributed by atoms with E-state index >= 15 is 0 Å². The number of thiocarbonyl (C=S) groups is 1. The van der Waals surface area contributed by atoms with Crippen LogP contribution in [-0.4, -0.2) is 22.1 Å². The molecule has 4 heteroatoms. The van der Waals surface area contributed by atoms with Gasteiger partial charge in [-0.05, 0) is 38.8 Å². The zero-order valence-corrected chi connectivity index (χ0v) is 10.5. The maximum atomic E-state index is 5.53. The van der Waals surface area contributed by atoms with Gasteiger partial charge in [0.1, 0.15) is 4.99 Å². The summed E-state index contributed by atoms with van der Waals surface area (Å²) in [6.45, 7) is 5.63. The third-order valence-electron chi connectivity index (χ3n) is 3.21. The van der Waals surface area contributed by atoms with E-state index in [4.69, 9.17) is 18.0 Å². The van der Waals surface area contributed by atoms with Crippen LogP contribution in [0.4, 0.5) is 5.69 Å². The summed E-state index contributed by atoms with van der Waals surface area (Å²) >= 11 is 4.89. The van der Waals surface area contributed by atoms with E-state index in [1.165, 1.54) is 12.8 Å². The molecule has 1 aliphatic rings. The number of rotatable bonds is 2. The molecule has 0 atom stereocenters. The van der Waals surface area contributed by atoms with Crippen molar-refractivity contribution < 1.29 is 0 Å². The highest BCUT2D eigenvalue weighted by atomic mass is 32.1. The minimum atomic E-state index is 0.229. The van der Waals surface area contributed by atoms with Crippen molar-refractivity contribution in [2.75, 3.05) is 11.4 Å². The highest BCUT2D eigenvalue weighted by Gasteiger charge is 2.31. The molecule has 0 bridgehead atoms. The normalized spacial score (nSPS) is 18.8. The van der Waals surface area contributed by atoms with Crippen molar-refractivity contribution in [3.8, 4) is 0 Å². The van der Waals surface area contributed by atoms with Crippen LogP contribution < -0.4 is 10.6 Å². The smallest absolute Gasteiger partial charge is 0.122 e. The Morgan fingerprint density at radius 3 is 2.69 bits per heavy atom. The van der Waals surface area contributed by atoms with Crippen LogP contribution in [0.5, 0.6) is 0 Å². The maximum Gasteiger partial charge on any atom is 0.122 e. The maximum absolute atomic E-state index is 5.53. The third-order valence-corrected chi connectivity index (χ3v) is 3.42. The molecule has 2 N–H and O–H groups in total. The molecule has 0 saturated carbocycles. The van der Waals surface area contributed by atoms with Gasteiger partial charge in [0.15, 0.2) is 0 Å². The molecule has 0 unspecified atom stereocenters. The van der Waals surface area contributed by atoms with Crippen LogP contribution in [0, 0.1) is 0 Å². The molecule has 1 aliphatic heterocycles.